The van der Waals surface area contributed by atoms with Gasteiger partial charge in [-0.25, -0.2) is 4.39 Å². The molecule has 0 amide bonds. The number of hydrogen-bond donors (Lipinski definition) is 1. The summed E-state index contributed by atoms with van der Waals surface area (Å²) >= 11 is 5.03. The van der Waals surface area contributed by atoms with Gasteiger partial charge < -0.3 is 5.32 Å². The van der Waals surface area contributed by atoms with Crippen LogP contribution >= 0.6 is 27.3 Å². The molecule has 0 radical (unpaired) electrons. The molecule has 3 rings (SSSR count). The van der Waals surface area contributed by atoms with E-state index >= 15 is 0 Å². The molecule has 0 spiro atoms. The maximum atomic E-state index is 14.0. The van der Waals surface area contributed by atoms with Gasteiger partial charge in [0.15, 0.2) is 0 Å². The molecule has 1 unspecified atom stereocenters. The molecule has 0 aliphatic rings. The second-order valence-corrected chi connectivity index (χ2v) is 6.80. The third-order valence-electron chi connectivity index (χ3n) is 3.67. The summed E-state index contributed by atoms with van der Waals surface area (Å²) in [4.78, 5) is 0. The van der Waals surface area contributed by atoms with Gasteiger partial charge in [-0.15, -0.1) is 11.3 Å². The van der Waals surface area contributed by atoms with Crippen molar-refractivity contribution in [2.24, 2.45) is 0 Å². The highest BCUT2D eigenvalue weighted by Crippen LogP contribution is 2.32. The van der Waals surface area contributed by atoms with Gasteiger partial charge in [-0.2, -0.15) is 0 Å². The zero-order chi connectivity index (χ0) is 14.8. The quantitative estimate of drug-likeness (QED) is 0.662. The van der Waals surface area contributed by atoms with Gasteiger partial charge in [-0.3, -0.25) is 0 Å². The molecular weight excluding hydrogens is 349 g/mol. The van der Waals surface area contributed by atoms with Crippen molar-refractivity contribution in [1.82, 2.24) is 5.32 Å². The summed E-state index contributed by atoms with van der Waals surface area (Å²) in [5, 5.41) is 6.73. The molecule has 1 nitrogen and oxygen atoms in total. The van der Waals surface area contributed by atoms with Crippen LogP contribution in [0.2, 0.25) is 0 Å². The fourth-order valence-electron chi connectivity index (χ4n) is 2.54. The lowest BCUT2D eigenvalue weighted by atomic mass is 9.98. The van der Waals surface area contributed by atoms with Crippen LogP contribution in [-0.2, 0) is 6.42 Å². The molecule has 2 aromatic carbocycles. The van der Waals surface area contributed by atoms with Gasteiger partial charge in [0.25, 0.3) is 0 Å². The average molecular weight is 364 g/mol. The summed E-state index contributed by atoms with van der Waals surface area (Å²) in [6, 6.07) is 13.7. The van der Waals surface area contributed by atoms with E-state index in [1.54, 1.807) is 11.3 Å². The molecular formula is C17H15BrFNS. The predicted octanol–water partition coefficient (Wildman–Crippen LogP) is 5.31. The predicted molar refractivity (Wildman–Crippen MR) is 91.4 cm³/mol. The Morgan fingerprint density at radius 3 is 2.81 bits per heavy atom. The molecule has 4 heteroatoms. The molecule has 1 atom stereocenters. The summed E-state index contributed by atoms with van der Waals surface area (Å²) in [5.41, 5.74) is 1.97. The van der Waals surface area contributed by atoms with Gasteiger partial charge in [0.05, 0.1) is 0 Å². The second kappa shape index (κ2) is 6.26. The Hall–Kier alpha value is -1.23. The van der Waals surface area contributed by atoms with Crippen LogP contribution in [0.15, 0.2) is 52.3 Å². The van der Waals surface area contributed by atoms with E-state index in [9.17, 15) is 4.39 Å². The van der Waals surface area contributed by atoms with E-state index in [0.717, 1.165) is 10.0 Å². The van der Waals surface area contributed by atoms with Gasteiger partial charge >= 0.3 is 0 Å². The zero-order valence-electron chi connectivity index (χ0n) is 11.6. The molecule has 1 N–H and O–H groups in total. The Bertz CT molecular complexity index is 768. The molecule has 0 bridgehead atoms. The normalized spacial score (nSPS) is 12.7. The largest absolute Gasteiger partial charge is 0.313 e. The first-order valence-electron chi connectivity index (χ1n) is 6.76. The third kappa shape index (κ3) is 3.03. The fourth-order valence-corrected chi connectivity index (χ4v) is 3.89. The Kier molecular flexibility index (Phi) is 4.38. The number of benzene rings is 2. The van der Waals surface area contributed by atoms with Crippen molar-refractivity contribution >= 4 is 37.4 Å². The fraction of sp³-hybridized carbons (Fsp3) is 0.176. The number of nitrogens with one attached hydrogen (secondary N) is 1. The molecule has 1 heterocycles. The van der Waals surface area contributed by atoms with E-state index in [1.807, 2.05) is 31.3 Å². The van der Waals surface area contributed by atoms with Crippen molar-refractivity contribution < 1.29 is 4.39 Å². The van der Waals surface area contributed by atoms with Gasteiger partial charge in [0.1, 0.15) is 5.82 Å². The number of thiophene rings is 1. The molecule has 0 saturated carbocycles. The van der Waals surface area contributed by atoms with Crippen LogP contribution in [0.1, 0.15) is 17.2 Å². The van der Waals surface area contributed by atoms with Crippen LogP contribution in [-0.4, -0.2) is 7.05 Å². The van der Waals surface area contributed by atoms with E-state index in [4.69, 9.17) is 0 Å². The lowest BCUT2D eigenvalue weighted by Gasteiger charge is -2.16. The summed E-state index contributed by atoms with van der Waals surface area (Å²) in [7, 11) is 1.92. The van der Waals surface area contributed by atoms with Crippen molar-refractivity contribution in [3.8, 4) is 0 Å². The van der Waals surface area contributed by atoms with Crippen LogP contribution in [0.3, 0.4) is 0 Å². The van der Waals surface area contributed by atoms with Gasteiger partial charge in [-0.05, 0) is 53.6 Å². The van der Waals surface area contributed by atoms with E-state index in [0.29, 0.717) is 6.42 Å². The molecule has 108 valence electrons. The van der Waals surface area contributed by atoms with Crippen molar-refractivity contribution in [1.29, 1.82) is 0 Å². The molecule has 0 saturated heterocycles. The summed E-state index contributed by atoms with van der Waals surface area (Å²) in [6.45, 7) is 0. The molecule has 21 heavy (non-hydrogen) atoms. The first-order chi connectivity index (χ1) is 10.2. The minimum absolute atomic E-state index is 0.108. The van der Waals surface area contributed by atoms with Crippen LogP contribution in [0.5, 0.6) is 0 Å². The van der Waals surface area contributed by atoms with Crippen molar-refractivity contribution in [2.75, 3.05) is 7.05 Å². The Balaban J connectivity index is 1.95. The third-order valence-corrected chi connectivity index (χ3v) is 5.15. The standard InChI is InChI=1S/C17H15BrFNS/c1-20-16(8-11-6-7-12(18)9-15(11)19)14-10-21-17-5-3-2-4-13(14)17/h2-7,9-10,16,20H,8H2,1H3. The summed E-state index contributed by atoms with van der Waals surface area (Å²) < 4.78 is 16.1. The number of rotatable bonds is 4. The number of hydrogen-bond acceptors (Lipinski definition) is 2. The minimum atomic E-state index is -0.163. The number of likely N-dealkylation sites (N-methyl/N-ethyl adjacent to an activating group) is 1. The number of fused-ring (bicyclic) bond motifs is 1. The summed E-state index contributed by atoms with van der Waals surface area (Å²) in [6.07, 6.45) is 0.635. The van der Waals surface area contributed by atoms with Crippen LogP contribution in [0, 0.1) is 5.82 Å². The maximum Gasteiger partial charge on any atom is 0.127 e. The highest BCUT2D eigenvalue weighted by Gasteiger charge is 2.16. The van der Waals surface area contributed by atoms with Crippen molar-refractivity contribution in [3.63, 3.8) is 0 Å². The Morgan fingerprint density at radius 2 is 2.05 bits per heavy atom. The molecule has 3 aromatic rings. The highest BCUT2D eigenvalue weighted by molar-refractivity contribution is 9.10. The molecule has 0 aliphatic heterocycles. The SMILES string of the molecule is CNC(Cc1ccc(Br)cc1F)c1csc2ccccc12. The first kappa shape index (κ1) is 14.7. The van der Waals surface area contributed by atoms with Gasteiger partial charge in [0, 0.05) is 15.2 Å². The van der Waals surface area contributed by atoms with Crippen molar-refractivity contribution in [2.45, 2.75) is 12.5 Å². The Labute approximate surface area is 135 Å². The van der Waals surface area contributed by atoms with E-state index < -0.39 is 0 Å². The smallest absolute Gasteiger partial charge is 0.127 e. The summed E-state index contributed by atoms with van der Waals surface area (Å²) in [5.74, 6) is -0.163. The molecule has 0 fully saturated rings. The van der Waals surface area contributed by atoms with Gasteiger partial charge in [-0.1, -0.05) is 40.2 Å². The topological polar surface area (TPSA) is 12.0 Å². The van der Waals surface area contributed by atoms with Crippen LogP contribution in [0.4, 0.5) is 4.39 Å². The van der Waals surface area contributed by atoms with Crippen molar-refractivity contribution in [3.05, 3.63) is 69.3 Å². The van der Waals surface area contributed by atoms with E-state index in [1.165, 1.54) is 21.7 Å². The lowest BCUT2D eigenvalue weighted by Crippen LogP contribution is -2.19. The lowest BCUT2D eigenvalue weighted by molar-refractivity contribution is 0.557. The van der Waals surface area contributed by atoms with E-state index in [-0.39, 0.29) is 11.9 Å². The zero-order valence-corrected chi connectivity index (χ0v) is 14.0. The minimum Gasteiger partial charge on any atom is -0.313 e. The van der Waals surface area contributed by atoms with E-state index in [2.05, 4.69) is 38.8 Å². The van der Waals surface area contributed by atoms with Crippen LogP contribution < -0.4 is 5.32 Å². The average Bonchev–Trinajstić information content (AvgIpc) is 2.91. The molecule has 0 aliphatic carbocycles. The molecule has 1 aromatic heterocycles. The highest BCUT2D eigenvalue weighted by atomic mass is 79.9. The second-order valence-electron chi connectivity index (χ2n) is 4.97. The van der Waals surface area contributed by atoms with Gasteiger partial charge in [0.2, 0.25) is 0 Å². The Morgan fingerprint density at radius 1 is 1.24 bits per heavy atom. The number of halogens is 2. The van der Waals surface area contributed by atoms with Crippen LogP contribution in [0.25, 0.3) is 10.1 Å². The monoisotopic (exact) mass is 363 g/mol. The first-order valence-corrected chi connectivity index (χ1v) is 8.43. The maximum absolute atomic E-state index is 14.0.